The number of nitrogens with one attached hydrogen (secondary N) is 2. The molecule has 3 aliphatic rings. The highest BCUT2D eigenvalue weighted by Gasteiger charge is 2.49. The van der Waals surface area contributed by atoms with E-state index in [-0.39, 0.29) is 36.4 Å². The zero-order valence-electron chi connectivity index (χ0n) is 16.1. The summed E-state index contributed by atoms with van der Waals surface area (Å²) in [6.07, 6.45) is 5.25. The third-order valence-corrected chi connectivity index (χ3v) is 5.72. The van der Waals surface area contributed by atoms with Crippen molar-refractivity contribution in [2.75, 3.05) is 13.2 Å². The summed E-state index contributed by atoms with van der Waals surface area (Å²) in [5.74, 6) is 0.755. The quantitative estimate of drug-likeness (QED) is 0.844. The fourth-order valence-electron chi connectivity index (χ4n) is 4.29. The predicted octanol–water partition coefficient (Wildman–Crippen LogP) is 2.24. The number of aromatic nitrogens is 1. The Morgan fingerprint density at radius 1 is 1.07 bits per heavy atom. The first-order valence-electron chi connectivity index (χ1n) is 10.0. The largest absolute Gasteiger partial charge is 0.483 e. The number of aryl methyl sites for hydroxylation is 2. The maximum Gasteiger partial charge on any atom is 0.315 e. The SMILES string of the molecule is Cc1ccc(O[C@H]2CO[C@H]3[C@@H]2OC[C@@H]3NC(=O)NC2CCCCC2)c(C)n1. The first kappa shape index (κ1) is 18.5. The number of urea groups is 1. The molecule has 1 aromatic heterocycles. The minimum absolute atomic E-state index is 0.123. The van der Waals surface area contributed by atoms with Crippen molar-refractivity contribution < 1.29 is 19.0 Å². The molecule has 7 heteroatoms. The van der Waals surface area contributed by atoms with E-state index in [4.69, 9.17) is 14.2 Å². The van der Waals surface area contributed by atoms with E-state index in [0.717, 1.165) is 30.0 Å². The average Bonchev–Trinajstić information content (AvgIpc) is 3.22. The molecule has 1 aliphatic carbocycles. The molecule has 2 aliphatic heterocycles. The van der Waals surface area contributed by atoms with E-state index in [2.05, 4.69) is 15.6 Å². The van der Waals surface area contributed by atoms with Gasteiger partial charge in [-0.3, -0.25) is 4.98 Å². The van der Waals surface area contributed by atoms with Crippen LogP contribution < -0.4 is 15.4 Å². The summed E-state index contributed by atoms with van der Waals surface area (Å²) >= 11 is 0. The highest BCUT2D eigenvalue weighted by Crippen LogP contribution is 2.31. The summed E-state index contributed by atoms with van der Waals surface area (Å²) in [6.45, 7) is 4.79. The van der Waals surface area contributed by atoms with Gasteiger partial charge in [0.05, 0.1) is 24.9 Å². The molecule has 0 unspecified atom stereocenters. The Hall–Kier alpha value is -1.86. The number of pyridine rings is 1. The minimum Gasteiger partial charge on any atom is -0.483 e. The third kappa shape index (κ3) is 4.19. The van der Waals surface area contributed by atoms with E-state index >= 15 is 0 Å². The second-order valence-corrected chi connectivity index (χ2v) is 7.85. The summed E-state index contributed by atoms with van der Waals surface area (Å²) in [6, 6.07) is 3.89. The molecule has 0 aromatic carbocycles. The molecule has 2 amide bonds. The van der Waals surface area contributed by atoms with Gasteiger partial charge in [-0.2, -0.15) is 0 Å². The molecular formula is C20H29N3O4. The van der Waals surface area contributed by atoms with Crippen molar-refractivity contribution in [3.63, 3.8) is 0 Å². The number of carbonyl (C=O) groups is 1. The molecular weight excluding hydrogens is 346 g/mol. The summed E-state index contributed by atoms with van der Waals surface area (Å²) in [5, 5.41) is 6.12. The van der Waals surface area contributed by atoms with Gasteiger partial charge in [0.25, 0.3) is 0 Å². The fraction of sp³-hybridized carbons (Fsp3) is 0.700. The lowest BCUT2D eigenvalue weighted by Crippen LogP contribution is -2.51. The maximum atomic E-state index is 12.3. The normalized spacial score (nSPS) is 30.7. The van der Waals surface area contributed by atoms with E-state index in [1.54, 1.807) is 0 Å². The van der Waals surface area contributed by atoms with Crippen molar-refractivity contribution in [3.05, 3.63) is 23.5 Å². The monoisotopic (exact) mass is 375 g/mol. The topological polar surface area (TPSA) is 81.7 Å². The Bertz CT molecular complexity index is 677. The van der Waals surface area contributed by atoms with Crippen LogP contribution in [0.15, 0.2) is 12.1 Å². The van der Waals surface area contributed by atoms with Gasteiger partial charge in [-0.25, -0.2) is 4.79 Å². The van der Waals surface area contributed by atoms with Gasteiger partial charge in [0.2, 0.25) is 0 Å². The van der Waals surface area contributed by atoms with Crippen molar-refractivity contribution in [3.8, 4) is 5.75 Å². The molecule has 1 saturated carbocycles. The summed E-state index contributed by atoms with van der Waals surface area (Å²) < 4.78 is 17.9. The van der Waals surface area contributed by atoms with E-state index in [1.807, 2.05) is 26.0 Å². The summed E-state index contributed by atoms with van der Waals surface area (Å²) in [4.78, 5) is 16.8. The van der Waals surface area contributed by atoms with Crippen LogP contribution in [0.3, 0.4) is 0 Å². The lowest BCUT2D eigenvalue weighted by Gasteiger charge is -2.24. The Morgan fingerprint density at radius 3 is 2.63 bits per heavy atom. The molecule has 0 spiro atoms. The number of amides is 2. The lowest BCUT2D eigenvalue weighted by molar-refractivity contribution is 0.0299. The van der Waals surface area contributed by atoms with Crippen molar-refractivity contribution in [1.82, 2.24) is 15.6 Å². The molecule has 0 radical (unpaired) electrons. The molecule has 0 bridgehead atoms. The predicted molar refractivity (Wildman–Crippen MR) is 99.9 cm³/mol. The number of carbonyl (C=O) groups excluding carboxylic acids is 1. The molecule has 2 N–H and O–H groups in total. The Kier molecular flexibility index (Phi) is 5.50. The van der Waals surface area contributed by atoms with E-state index in [1.165, 1.54) is 19.3 Å². The standard InChI is InChI=1S/C20H29N3O4/c1-12-8-9-16(13(2)21-12)27-17-11-26-18-15(10-25-19(17)18)23-20(24)22-14-6-4-3-5-7-14/h8-9,14-15,17-19H,3-7,10-11H2,1-2H3,(H2,22,23,24)/t15-,17-,18+,19+/m0/s1. The number of nitrogens with zero attached hydrogens (tertiary/aromatic N) is 1. The second kappa shape index (κ2) is 8.02. The van der Waals surface area contributed by atoms with Crippen molar-refractivity contribution in [2.45, 2.75) is 76.3 Å². The van der Waals surface area contributed by atoms with Gasteiger partial charge in [-0.15, -0.1) is 0 Å². The van der Waals surface area contributed by atoms with Crippen molar-refractivity contribution in [2.24, 2.45) is 0 Å². The van der Waals surface area contributed by atoms with Crippen LogP contribution in [0.25, 0.3) is 0 Å². The fourth-order valence-corrected chi connectivity index (χ4v) is 4.29. The first-order chi connectivity index (χ1) is 13.1. The zero-order valence-corrected chi connectivity index (χ0v) is 16.1. The van der Waals surface area contributed by atoms with Gasteiger partial charge in [0.1, 0.15) is 18.0 Å². The highest BCUT2D eigenvalue weighted by molar-refractivity contribution is 5.74. The Balaban J connectivity index is 1.31. The van der Waals surface area contributed by atoms with Gasteiger partial charge >= 0.3 is 6.03 Å². The van der Waals surface area contributed by atoms with Gasteiger partial charge in [-0.05, 0) is 38.8 Å². The third-order valence-electron chi connectivity index (χ3n) is 5.72. The van der Waals surface area contributed by atoms with Crippen LogP contribution in [0.4, 0.5) is 4.79 Å². The second-order valence-electron chi connectivity index (χ2n) is 7.85. The zero-order chi connectivity index (χ0) is 18.8. The maximum absolute atomic E-state index is 12.3. The van der Waals surface area contributed by atoms with E-state index in [9.17, 15) is 4.79 Å². The van der Waals surface area contributed by atoms with Crippen LogP contribution in [0.5, 0.6) is 5.75 Å². The van der Waals surface area contributed by atoms with Gasteiger partial charge < -0.3 is 24.8 Å². The highest BCUT2D eigenvalue weighted by atomic mass is 16.6. The Morgan fingerprint density at radius 2 is 1.85 bits per heavy atom. The van der Waals surface area contributed by atoms with Crippen molar-refractivity contribution in [1.29, 1.82) is 0 Å². The van der Waals surface area contributed by atoms with Gasteiger partial charge in [0, 0.05) is 11.7 Å². The minimum atomic E-state index is -0.189. The smallest absolute Gasteiger partial charge is 0.315 e. The van der Waals surface area contributed by atoms with Crippen LogP contribution in [0, 0.1) is 13.8 Å². The number of hydrogen-bond donors (Lipinski definition) is 2. The molecule has 3 fully saturated rings. The number of rotatable bonds is 4. The average molecular weight is 375 g/mol. The molecule has 2 saturated heterocycles. The Labute approximate surface area is 160 Å². The number of ether oxygens (including phenoxy) is 3. The molecule has 4 rings (SSSR count). The van der Waals surface area contributed by atoms with Crippen LogP contribution >= 0.6 is 0 Å². The van der Waals surface area contributed by atoms with Crippen LogP contribution in [0.1, 0.15) is 43.5 Å². The van der Waals surface area contributed by atoms with E-state index < -0.39 is 0 Å². The molecule has 7 nitrogen and oxygen atoms in total. The summed E-state index contributed by atoms with van der Waals surface area (Å²) in [7, 11) is 0. The number of fused-ring (bicyclic) bond motifs is 1. The molecule has 27 heavy (non-hydrogen) atoms. The lowest BCUT2D eigenvalue weighted by atomic mass is 9.96. The van der Waals surface area contributed by atoms with Gasteiger partial charge in [-0.1, -0.05) is 19.3 Å². The van der Waals surface area contributed by atoms with Crippen LogP contribution in [-0.2, 0) is 9.47 Å². The molecule has 148 valence electrons. The molecule has 1 aromatic rings. The van der Waals surface area contributed by atoms with Gasteiger partial charge in [0.15, 0.2) is 6.10 Å². The molecule has 3 heterocycles. The summed E-state index contributed by atoms with van der Waals surface area (Å²) in [5.41, 5.74) is 1.82. The number of hydrogen-bond acceptors (Lipinski definition) is 5. The van der Waals surface area contributed by atoms with Crippen LogP contribution in [-0.4, -0.2) is 54.6 Å². The van der Waals surface area contributed by atoms with Crippen molar-refractivity contribution >= 4 is 6.03 Å². The van der Waals surface area contributed by atoms with E-state index in [0.29, 0.717) is 13.2 Å². The molecule has 4 atom stereocenters. The van der Waals surface area contributed by atoms with Crippen LogP contribution in [0.2, 0.25) is 0 Å². The first-order valence-corrected chi connectivity index (χ1v) is 10.0.